The number of rotatable bonds is 3. The second kappa shape index (κ2) is 5.53. The lowest BCUT2D eigenvalue weighted by molar-refractivity contribution is 0.0970. The predicted octanol–water partition coefficient (Wildman–Crippen LogP) is 2.99. The molecule has 112 valence electrons. The molecule has 0 saturated carbocycles. The van der Waals surface area contributed by atoms with Crippen LogP contribution in [-0.2, 0) is 6.54 Å². The number of ketones is 1. The number of nitrogens with one attached hydrogen (secondary N) is 1. The van der Waals surface area contributed by atoms with Crippen molar-refractivity contribution in [2.45, 2.75) is 20.4 Å². The molecule has 0 atom stereocenters. The van der Waals surface area contributed by atoms with Gasteiger partial charge in [0.2, 0.25) is 0 Å². The Bertz CT molecular complexity index is 940. The van der Waals surface area contributed by atoms with Crippen molar-refractivity contribution in [2.75, 3.05) is 0 Å². The van der Waals surface area contributed by atoms with Crippen molar-refractivity contribution in [3.05, 3.63) is 62.4 Å². The number of Topliss-reactive ketones (excluding diaryl/α,β-unsaturated/α-hetero) is 1. The van der Waals surface area contributed by atoms with Gasteiger partial charge in [-0.05, 0) is 38.1 Å². The fraction of sp³-hybridized carbons (Fsp3) is 0.188. The minimum Gasteiger partial charge on any atom is -0.362 e. The zero-order chi connectivity index (χ0) is 15.9. The van der Waals surface area contributed by atoms with Crippen molar-refractivity contribution in [1.29, 1.82) is 0 Å². The largest absolute Gasteiger partial charge is 0.362 e. The second-order valence-electron chi connectivity index (χ2n) is 5.25. The molecule has 5 nitrogen and oxygen atoms in total. The number of hydrogen-bond donors (Lipinski definition) is 1. The lowest BCUT2D eigenvalue weighted by Gasteiger charge is -2.06. The number of benzene rings is 1. The Kier molecular flexibility index (Phi) is 3.70. The van der Waals surface area contributed by atoms with E-state index in [9.17, 15) is 9.59 Å². The number of aryl methyl sites for hydroxylation is 2. The molecule has 0 amide bonds. The van der Waals surface area contributed by atoms with Crippen LogP contribution in [0.2, 0.25) is 0 Å². The summed E-state index contributed by atoms with van der Waals surface area (Å²) in [6.07, 6.45) is 1.42. The first kappa shape index (κ1) is 14.7. The Morgan fingerprint density at radius 1 is 1.32 bits per heavy atom. The third-order valence-corrected chi connectivity index (χ3v) is 4.04. The summed E-state index contributed by atoms with van der Waals surface area (Å²) in [5, 5.41) is 0.492. The quantitative estimate of drug-likeness (QED) is 0.731. The molecule has 1 N–H and O–H groups in total. The molecule has 0 bridgehead atoms. The van der Waals surface area contributed by atoms with Gasteiger partial charge in [-0.25, -0.2) is 4.98 Å². The van der Waals surface area contributed by atoms with Crippen molar-refractivity contribution >= 4 is 32.6 Å². The Balaban J connectivity index is 2.01. The van der Waals surface area contributed by atoms with E-state index in [0.29, 0.717) is 16.5 Å². The highest BCUT2D eigenvalue weighted by Crippen LogP contribution is 2.15. The first-order valence-corrected chi connectivity index (χ1v) is 7.59. The lowest BCUT2D eigenvalue weighted by atomic mass is 10.1. The topological polar surface area (TPSA) is 67.8 Å². The fourth-order valence-electron chi connectivity index (χ4n) is 2.50. The van der Waals surface area contributed by atoms with Crippen molar-refractivity contribution in [3.8, 4) is 0 Å². The predicted molar refractivity (Wildman–Crippen MR) is 88.3 cm³/mol. The second-order valence-corrected chi connectivity index (χ2v) is 6.17. The maximum Gasteiger partial charge on any atom is 0.261 e. The monoisotopic (exact) mass is 359 g/mol. The molecule has 22 heavy (non-hydrogen) atoms. The van der Waals surface area contributed by atoms with Gasteiger partial charge in [0.05, 0.1) is 23.8 Å². The summed E-state index contributed by atoms with van der Waals surface area (Å²) >= 11 is 3.34. The van der Waals surface area contributed by atoms with Crippen LogP contribution in [-0.4, -0.2) is 20.3 Å². The average molecular weight is 360 g/mol. The average Bonchev–Trinajstić information content (AvgIpc) is 2.81. The van der Waals surface area contributed by atoms with E-state index in [-0.39, 0.29) is 17.9 Å². The van der Waals surface area contributed by atoms with Crippen LogP contribution in [0.25, 0.3) is 10.9 Å². The highest BCUT2D eigenvalue weighted by molar-refractivity contribution is 9.10. The van der Waals surface area contributed by atoms with Crippen LogP contribution in [0.1, 0.15) is 21.7 Å². The molecular weight excluding hydrogens is 346 g/mol. The molecule has 0 aliphatic carbocycles. The van der Waals surface area contributed by atoms with Crippen LogP contribution >= 0.6 is 15.9 Å². The van der Waals surface area contributed by atoms with E-state index in [0.717, 1.165) is 15.9 Å². The van der Waals surface area contributed by atoms with Gasteiger partial charge < -0.3 is 4.98 Å². The minimum atomic E-state index is -0.218. The number of aromatic nitrogens is 3. The summed E-state index contributed by atoms with van der Waals surface area (Å²) in [4.78, 5) is 32.2. The van der Waals surface area contributed by atoms with E-state index >= 15 is 0 Å². The highest BCUT2D eigenvalue weighted by atomic mass is 79.9. The first-order chi connectivity index (χ1) is 10.5. The fourth-order valence-corrected chi connectivity index (χ4v) is 2.86. The van der Waals surface area contributed by atoms with Crippen LogP contribution in [0.4, 0.5) is 0 Å². The van der Waals surface area contributed by atoms with Crippen molar-refractivity contribution in [2.24, 2.45) is 0 Å². The van der Waals surface area contributed by atoms with Gasteiger partial charge in [-0.1, -0.05) is 15.9 Å². The van der Waals surface area contributed by atoms with E-state index in [4.69, 9.17) is 0 Å². The first-order valence-electron chi connectivity index (χ1n) is 6.80. The van der Waals surface area contributed by atoms with Gasteiger partial charge in [0, 0.05) is 21.4 Å². The Morgan fingerprint density at radius 2 is 2.09 bits per heavy atom. The van der Waals surface area contributed by atoms with E-state index in [1.165, 1.54) is 10.9 Å². The number of hydrogen-bond acceptors (Lipinski definition) is 3. The summed E-state index contributed by atoms with van der Waals surface area (Å²) < 4.78 is 2.15. The van der Waals surface area contributed by atoms with Crippen molar-refractivity contribution < 1.29 is 4.79 Å². The molecular formula is C16H14BrN3O2. The third-order valence-electron chi connectivity index (χ3n) is 3.55. The molecule has 2 aromatic heterocycles. The van der Waals surface area contributed by atoms with Gasteiger partial charge in [0.1, 0.15) is 0 Å². The number of fused-ring (bicyclic) bond motifs is 1. The van der Waals surface area contributed by atoms with Gasteiger partial charge in [-0.2, -0.15) is 0 Å². The van der Waals surface area contributed by atoms with Gasteiger partial charge >= 0.3 is 0 Å². The summed E-state index contributed by atoms with van der Waals surface area (Å²) in [6, 6.07) is 7.12. The van der Waals surface area contributed by atoms with Crippen LogP contribution in [0.15, 0.2) is 39.9 Å². The summed E-state index contributed by atoms with van der Waals surface area (Å²) in [6.45, 7) is 3.72. The normalized spacial score (nSPS) is 11.0. The third kappa shape index (κ3) is 2.62. The molecule has 0 fully saturated rings. The minimum absolute atomic E-state index is 0.0214. The zero-order valence-electron chi connectivity index (χ0n) is 12.2. The van der Waals surface area contributed by atoms with Gasteiger partial charge in [-0.15, -0.1) is 0 Å². The summed E-state index contributed by atoms with van der Waals surface area (Å²) in [7, 11) is 0. The van der Waals surface area contributed by atoms with Crippen LogP contribution in [0.5, 0.6) is 0 Å². The number of carbonyl (C=O) groups excluding carboxylic acids is 1. The van der Waals surface area contributed by atoms with Gasteiger partial charge in [0.25, 0.3) is 5.56 Å². The van der Waals surface area contributed by atoms with Crippen LogP contribution in [0.3, 0.4) is 0 Å². The molecule has 6 heteroatoms. The Labute approximate surface area is 135 Å². The number of halogens is 1. The van der Waals surface area contributed by atoms with Gasteiger partial charge in [0.15, 0.2) is 5.78 Å². The maximum atomic E-state index is 12.5. The number of carbonyl (C=O) groups is 1. The van der Waals surface area contributed by atoms with Crippen molar-refractivity contribution in [3.63, 3.8) is 0 Å². The highest BCUT2D eigenvalue weighted by Gasteiger charge is 2.14. The SMILES string of the molecule is Cc1cc(C(=O)Cn2cnc3ccc(Br)cc3c2=O)c(C)[nH]1. The Hall–Kier alpha value is -2.21. The molecule has 0 saturated heterocycles. The number of H-pyrrole nitrogens is 1. The van der Waals surface area contributed by atoms with Crippen molar-refractivity contribution in [1.82, 2.24) is 14.5 Å². The molecule has 0 radical (unpaired) electrons. The molecule has 3 aromatic rings. The molecule has 0 aliphatic rings. The Morgan fingerprint density at radius 3 is 2.77 bits per heavy atom. The molecule has 2 heterocycles. The van der Waals surface area contributed by atoms with E-state index < -0.39 is 0 Å². The number of aromatic amines is 1. The van der Waals surface area contributed by atoms with E-state index in [2.05, 4.69) is 25.9 Å². The summed E-state index contributed by atoms with van der Waals surface area (Å²) in [5.41, 5.74) is 2.75. The molecule has 1 aromatic carbocycles. The van der Waals surface area contributed by atoms with Crippen LogP contribution < -0.4 is 5.56 Å². The smallest absolute Gasteiger partial charge is 0.261 e. The van der Waals surface area contributed by atoms with Crippen LogP contribution in [0, 0.1) is 13.8 Å². The van der Waals surface area contributed by atoms with Gasteiger partial charge in [-0.3, -0.25) is 14.2 Å². The summed E-state index contributed by atoms with van der Waals surface area (Å²) in [5.74, 6) is -0.111. The molecule has 0 unspecified atom stereocenters. The lowest BCUT2D eigenvalue weighted by Crippen LogP contribution is -2.24. The molecule has 0 spiro atoms. The molecule has 0 aliphatic heterocycles. The standard InChI is InChI=1S/C16H14BrN3O2/c1-9-5-12(10(2)19-9)15(21)7-20-8-18-14-4-3-11(17)6-13(14)16(20)22/h3-6,8,19H,7H2,1-2H3. The zero-order valence-corrected chi connectivity index (χ0v) is 13.8. The van der Waals surface area contributed by atoms with E-state index in [1.54, 1.807) is 18.2 Å². The number of nitrogens with zero attached hydrogens (tertiary/aromatic N) is 2. The van der Waals surface area contributed by atoms with E-state index in [1.807, 2.05) is 19.9 Å². The molecule has 3 rings (SSSR count). The maximum absolute atomic E-state index is 12.5.